The van der Waals surface area contributed by atoms with E-state index in [0.717, 1.165) is 0 Å². The number of rotatable bonds is 9. The quantitative estimate of drug-likeness (QED) is 0.167. The van der Waals surface area contributed by atoms with E-state index < -0.39 is 95.5 Å². The molecule has 0 saturated carbocycles. The summed E-state index contributed by atoms with van der Waals surface area (Å²) in [7, 11) is 5.30. The third-order valence-electron chi connectivity index (χ3n) is 13.1. The number of nitrogens with one attached hydrogen (secondary N) is 2. The predicted octanol–water partition coefficient (Wildman–Crippen LogP) is 2.32. The van der Waals surface area contributed by atoms with Crippen molar-refractivity contribution < 1.29 is 58.7 Å². The zero-order valence-electron chi connectivity index (χ0n) is 37.9. The maximum absolute atomic E-state index is 14.4. The number of esters is 1. The minimum absolute atomic E-state index is 0.0780. The normalized spacial score (nSPS) is 47.6. The molecule has 336 valence electrons. The maximum Gasteiger partial charge on any atom is 0.311 e. The zero-order chi connectivity index (χ0) is 43.6. The Kier molecular flexibility index (Phi) is 17.1. The minimum Gasteiger partial charge on any atom is -0.459 e. The van der Waals surface area contributed by atoms with Crippen molar-refractivity contribution >= 4 is 5.97 Å². The second kappa shape index (κ2) is 19.3. The van der Waals surface area contributed by atoms with E-state index in [4.69, 9.17) is 28.4 Å². The molecule has 3 rings (SSSR count). The average Bonchev–Trinajstić information content (AvgIpc) is 3.11. The first-order valence-corrected chi connectivity index (χ1v) is 21.1. The van der Waals surface area contributed by atoms with Crippen molar-refractivity contribution in [1.82, 2.24) is 15.5 Å². The number of likely N-dealkylation sites (N-methyl/N-ethyl adjacent to an activating group) is 1. The fraction of sp³-hybridized carbons (Fsp3) is 0.976. The summed E-state index contributed by atoms with van der Waals surface area (Å²) in [6.45, 7) is 24.1. The van der Waals surface area contributed by atoms with Gasteiger partial charge in [-0.3, -0.25) is 4.79 Å². The Morgan fingerprint density at radius 2 is 1.58 bits per heavy atom. The highest BCUT2D eigenvalue weighted by atomic mass is 16.7. The van der Waals surface area contributed by atoms with Crippen LogP contribution in [0.4, 0.5) is 0 Å². The van der Waals surface area contributed by atoms with Crippen molar-refractivity contribution in [3.63, 3.8) is 0 Å². The number of β-amino-alcohol motifs (C(OH)–C–C–N with tert-alkyl or cyclic N) is 1. The highest BCUT2D eigenvalue weighted by Gasteiger charge is 2.58. The van der Waals surface area contributed by atoms with E-state index in [1.807, 2.05) is 60.5 Å². The van der Waals surface area contributed by atoms with Crippen molar-refractivity contribution in [3.8, 4) is 0 Å². The van der Waals surface area contributed by atoms with Crippen LogP contribution in [-0.2, 0) is 33.2 Å². The number of ether oxygens (including phenoxy) is 6. The lowest BCUT2D eigenvalue weighted by Crippen LogP contribution is -2.71. The van der Waals surface area contributed by atoms with Crippen molar-refractivity contribution in [2.75, 3.05) is 34.3 Å². The molecule has 0 aromatic rings. The summed E-state index contributed by atoms with van der Waals surface area (Å²) in [5.74, 6) is -2.69. The van der Waals surface area contributed by atoms with E-state index in [9.17, 15) is 30.3 Å². The van der Waals surface area contributed by atoms with E-state index in [-0.39, 0.29) is 49.4 Å². The van der Waals surface area contributed by atoms with Gasteiger partial charge < -0.3 is 69.5 Å². The van der Waals surface area contributed by atoms with Crippen LogP contribution in [0.5, 0.6) is 0 Å². The molecule has 0 aliphatic carbocycles. The molecule has 15 heteroatoms. The van der Waals surface area contributed by atoms with Crippen LogP contribution in [0.25, 0.3) is 0 Å². The molecular weight excluding hydrogens is 738 g/mol. The number of aliphatic hydroxyl groups excluding tert-OH is 2. The predicted molar refractivity (Wildman–Crippen MR) is 216 cm³/mol. The van der Waals surface area contributed by atoms with Gasteiger partial charge in [0, 0.05) is 43.6 Å². The molecule has 3 heterocycles. The molecule has 3 fully saturated rings. The molecule has 18 atom stereocenters. The van der Waals surface area contributed by atoms with Crippen LogP contribution in [0.1, 0.15) is 116 Å². The molecule has 3 saturated heterocycles. The van der Waals surface area contributed by atoms with Gasteiger partial charge in [0.2, 0.25) is 0 Å². The molecule has 57 heavy (non-hydrogen) atoms. The van der Waals surface area contributed by atoms with Gasteiger partial charge in [-0.1, -0.05) is 20.8 Å². The highest BCUT2D eigenvalue weighted by molar-refractivity contribution is 5.73. The number of cyclic esters (lactones) is 1. The molecule has 0 unspecified atom stereocenters. The van der Waals surface area contributed by atoms with Gasteiger partial charge in [0.1, 0.15) is 35.1 Å². The molecule has 7 N–H and O–H groups in total. The number of nitrogens with zero attached hydrogens (tertiary/aromatic N) is 1. The number of aliphatic hydroxyl groups is 5. The molecule has 0 radical (unpaired) electrons. The Morgan fingerprint density at radius 3 is 2.12 bits per heavy atom. The standard InChI is InChI=1S/C42H81N3O12/c1-17-30-41(13,50)34(47)27(6)43-21-23(2)19-39(11,49)35(57-37-32(46)29(45(14)15)18-24(3)53-37)25(4)33(26(5)36(48)55-30)56-31-20-40(12,52-16)42(51,28(7)54-31)22-44-38(8,9)10/h23-35,37,43-44,46-47,49-51H,17-22H2,1-16H3/t23-,24-,25+,26-,27-,28+,29+,30-,31+,32-,33+,34-,35-,37+,39-,40-,41-,42-/m1/s1. The number of hydrogen-bond acceptors (Lipinski definition) is 15. The van der Waals surface area contributed by atoms with Crippen LogP contribution in [0.2, 0.25) is 0 Å². The Labute approximate surface area is 342 Å². The maximum atomic E-state index is 14.4. The Hall–Kier alpha value is -1.05. The van der Waals surface area contributed by atoms with Crippen molar-refractivity contribution in [3.05, 3.63) is 0 Å². The number of carbonyl (C=O) groups is 1. The molecule has 0 aromatic carbocycles. The van der Waals surface area contributed by atoms with Gasteiger partial charge in [0.05, 0.1) is 35.9 Å². The molecule has 15 nitrogen and oxygen atoms in total. The summed E-state index contributed by atoms with van der Waals surface area (Å²) in [6, 6.07) is -0.884. The summed E-state index contributed by atoms with van der Waals surface area (Å²) in [5.41, 5.74) is -6.34. The van der Waals surface area contributed by atoms with E-state index in [1.165, 1.54) is 14.0 Å². The SMILES string of the molecule is CC[C@H]1OC(=O)[C@H](C)[C@@H](O[C@H]2C[C@@](C)(OC)[C@@](O)(CNC(C)(C)C)[C@H](C)O2)[C@H](C)[C@@H](O[C@@H]2O[C@H](C)C[C@H](N(C)C)[C@H]2O)[C@](C)(O)C[C@@H](C)CN[C@H](C)[C@@H](O)[C@]1(C)O. The number of carbonyl (C=O) groups excluding carboxylic acids is 1. The van der Waals surface area contributed by atoms with Gasteiger partial charge in [0.25, 0.3) is 0 Å². The summed E-state index contributed by atoms with van der Waals surface area (Å²) >= 11 is 0. The molecule has 0 spiro atoms. The van der Waals surface area contributed by atoms with Gasteiger partial charge in [-0.25, -0.2) is 0 Å². The molecule has 3 aliphatic rings. The third-order valence-corrected chi connectivity index (χ3v) is 13.1. The summed E-state index contributed by atoms with van der Waals surface area (Å²) in [4.78, 5) is 16.3. The van der Waals surface area contributed by atoms with Crippen molar-refractivity contribution in [2.24, 2.45) is 17.8 Å². The second-order valence-electron chi connectivity index (χ2n) is 19.6. The molecule has 0 aromatic heterocycles. The molecular formula is C42H81N3O12. The van der Waals surface area contributed by atoms with E-state index in [2.05, 4.69) is 10.6 Å². The van der Waals surface area contributed by atoms with Crippen LogP contribution in [-0.4, -0.2) is 166 Å². The first-order chi connectivity index (χ1) is 26.0. The second-order valence-corrected chi connectivity index (χ2v) is 19.6. The Morgan fingerprint density at radius 1 is 0.965 bits per heavy atom. The van der Waals surface area contributed by atoms with Crippen molar-refractivity contribution in [2.45, 2.75) is 211 Å². The van der Waals surface area contributed by atoms with Gasteiger partial charge in [-0.05, 0) is 115 Å². The summed E-state index contributed by atoms with van der Waals surface area (Å²) in [6.07, 6.45) is -7.69. The molecule has 0 bridgehead atoms. The van der Waals surface area contributed by atoms with Crippen LogP contribution < -0.4 is 10.6 Å². The fourth-order valence-corrected chi connectivity index (χ4v) is 9.15. The Bertz CT molecular complexity index is 1280. The monoisotopic (exact) mass is 820 g/mol. The fourth-order valence-electron chi connectivity index (χ4n) is 9.15. The first kappa shape index (κ1) is 50.3. The average molecular weight is 820 g/mol. The van der Waals surface area contributed by atoms with Crippen LogP contribution >= 0.6 is 0 Å². The summed E-state index contributed by atoms with van der Waals surface area (Å²) < 4.78 is 38.4. The minimum atomic E-state index is -1.82. The van der Waals surface area contributed by atoms with Crippen LogP contribution in [0.15, 0.2) is 0 Å². The van der Waals surface area contributed by atoms with Gasteiger partial charge >= 0.3 is 5.97 Å². The number of methoxy groups -OCH3 is 1. The lowest BCUT2D eigenvalue weighted by atomic mass is 9.75. The van der Waals surface area contributed by atoms with E-state index in [0.29, 0.717) is 13.0 Å². The highest BCUT2D eigenvalue weighted by Crippen LogP contribution is 2.43. The van der Waals surface area contributed by atoms with E-state index >= 15 is 0 Å². The van der Waals surface area contributed by atoms with Gasteiger partial charge in [-0.2, -0.15) is 0 Å². The lowest BCUT2D eigenvalue weighted by molar-refractivity contribution is -0.336. The summed E-state index contributed by atoms with van der Waals surface area (Å²) in [5, 5.41) is 66.1. The van der Waals surface area contributed by atoms with Crippen LogP contribution in [0.3, 0.4) is 0 Å². The van der Waals surface area contributed by atoms with Gasteiger partial charge in [-0.15, -0.1) is 0 Å². The molecule has 0 amide bonds. The largest absolute Gasteiger partial charge is 0.459 e. The first-order valence-electron chi connectivity index (χ1n) is 21.1. The van der Waals surface area contributed by atoms with Gasteiger partial charge in [0.15, 0.2) is 12.6 Å². The Balaban J connectivity index is 2.17. The number of hydrogen-bond donors (Lipinski definition) is 7. The van der Waals surface area contributed by atoms with Crippen molar-refractivity contribution in [1.29, 1.82) is 0 Å². The van der Waals surface area contributed by atoms with E-state index in [1.54, 1.807) is 41.5 Å². The smallest absolute Gasteiger partial charge is 0.311 e. The topological polar surface area (TPSA) is 201 Å². The zero-order valence-corrected chi connectivity index (χ0v) is 37.9. The van der Waals surface area contributed by atoms with Crippen LogP contribution in [0, 0.1) is 17.8 Å². The molecule has 3 aliphatic heterocycles. The lowest BCUT2D eigenvalue weighted by Gasteiger charge is -2.54. The third kappa shape index (κ3) is 11.7.